The zero-order chi connectivity index (χ0) is 26.8. The Kier molecular flexibility index (Phi) is 9.13. The topological polar surface area (TPSA) is 303 Å². The Morgan fingerprint density at radius 2 is 1.72 bits per heavy atom. The maximum atomic E-state index is 12.1. The Balaban J connectivity index is 1.58. The molecule has 0 aliphatic carbocycles. The third-order valence-corrected chi connectivity index (χ3v) is 7.59. The first-order valence-electron chi connectivity index (χ1n) is 10.0. The molecule has 10 N–H and O–H groups in total. The van der Waals surface area contributed by atoms with Crippen LogP contribution in [0.25, 0.3) is 11.2 Å². The second-order valence-corrected chi connectivity index (χ2v) is 10.6. The van der Waals surface area contributed by atoms with Crippen LogP contribution < -0.4 is 5.73 Å². The summed E-state index contributed by atoms with van der Waals surface area (Å²) >= 11 is 0. The summed E-state index contributed by atoms with van der Waals surface area (Å²) in [6, 6.07) is 0. The molecule has 0 saturated carbocycles. The van der Waals surface area contributed by atoms with Crippen LogP contribution in [0.4, 0.5) is 5.82 Å². The third kappa shape index (κ3) is 6.60. The van der Waals surface area contributed by atoms with Crippen LogP contribution in [0, 0.1) is 0 Å². The minimum atomic E-state index is -5.36. The fourth-order valence-corrected chi connectivity index (χ4v) is 5.23. The number of nitrogens with two attached hydrogens (primary N) is 1. The van der Waals surface area contributed by atoms with Gasteiger partial charge in [0, 0.05) is 0 Å². The van der Waals surface area contributed by atoms with E-state index in [2.05, 4.69) is 28.3 Å². The maximum absolute atomic E-state index is 12.1. The fraction of sp³-hybridized carbons (Fsp3) is 0.667. The number of aromatic nitrogens is 4. The highest BCUT2D eigenvalue weighted by molar-refractivity contribution is 7.61. The predicted octanol–water partition coefficient (Wildman–Crippen LogP) is -3.65. The first-order chi connectivity index (χ1) is 16.8. The van der Waals surface area contributed by atoms with Gasteiger partial charge in [-0.15, -0.1) is 0 Å². The summed E-state index contributed by atoms with van der Waals surface area (Å²) in [7, 11) is -10.7. The number of phosphoric acid groups is 2. The Labute approximate surface area is 201 Å². The first kappa shape index (κ1) is 28.9. The first-order valence-corrected chi connectivity index (χ1v) is 13.0. The second kappa shape index (κ2) is 11.4. The summed E-state index contributed by atoms with van der Waals surface area (Å²) in [6.07, 6.45) is -9.33. The third-order valence-electron chi connectivity index (χ3n) is 4.99. The molecule has 0 bridgehead atoms. The van der Waals surface area contributed by atoms with Gasteiger partial charge in [-0.25, -0.2) is 24.1 Å². The van der Waals surface area contributed by atoms with E-state index in [0.717, 1.165) is 6.33 Å². The van der Waals surface area contributed by atoms with Crippen molar-refractivity contribution in [3.05, 3.63) is 12.7 Å². The van der Waals surface area contributed by atoms with E-state index < -0.39 is 78.3 Å². The molecule has 2 unspecified atom stereocenters. The van der Waals surface area contributed by atoms with Gasteiger partial charge in [0.05, 0.1) is 26.1 Å². The van der Waals surface area contributed by atoms with E-state index in [1.807, 2.05) is 0 Å². The number of phosphoric ester groups is 2. The lowest BCUT2D eigenvalue weighted by Gasteiger charge is -2.23. The standard InChI is InChI=1S/C15H25N5O14P2/c16-13-9-14(18-4-17-13)20(5-19-9)15-12(26)11(25)8(33-15)3-32-36(29,30)34-35(27,28)31-2-7(23)10(24)6(22)1-21/h4-8,10-12,15,21-26H,1-3H2,(H,27,28)(H,29,30)(H2,16,17,18)/t6-,7+,8+,10-,11+,12+,15+/m0/s1. The Morgan fingerprint density at radius 1 is 1.06 bits per heavy atom. The number of anilines is 1. The Bertz CT molecular complexity index is 1140. The van der Waals surface area contributed by atoms with Gasteiger partial charge in [0.25, 0.3) is 0 Å². The van der Waals surface area contributed by atoms with Crippen molar-refractivity contribution < 1.29 is 67.7 Å². The fourth-order valence-electron chi connectivity index (χ4n) is 3.13. The molecule has 0 amide bonds. The predicted molar refractivity (Wildman–Crippen MR) is 113 cm³/mol. The van der Waals surface area contributed by atoms with E-state index in [4.69, 9.17) is 15.6 Å². The molecule has 21 heteroatoms. The zero-order valence-electron chi connectivity index (χ0n) is 18.1. The van der Waals surface area contributed by atoms with E-state index in [-0.39, 0.29) is 17.0 Å². The summed E-state index contributed by atoms with van der Waals surface area (Å²) in [5.74, 6) is 0.0484. The lowest BCUT2D eigenvalue weighted by atomic mass is 10.1. The molecule has 0 spiro atoms. The van der Waals surface area contributed by atoms with Gasteiger partial charge in [-0.3, -0.25) is 13.6 Å². The number of aliphatic hydroxyl groups excluding tert-OH is 6. The molecule has 3 rings (SSSR count). The molecule has 204 valence electrons. The van der Waals surface area contributed by atoms with Gasteiger partial charge in [-0.1, -0.05) is 0 Å². The van der Waals surface area contributed by atoms with Gasteiger partial charge in [0.2, 0.25) is 0 Å². The van der Waals surface area contributed by atoms with Gasteiger partial charge in [-0.2, -0.15) is 4.31 Å². The summed E-state index contributed by atoms with van der Waals surface area (Å²) < 4.78 is 43.7. The minimum absolute atomic E-state index is 0.0484. The SMILES string of the molecule is Nc1ncnc2c1ncn2[C@@H]1O[C@H](COP(=O)(O)OP(=O)(O)OC[C@@H](O)[C@@H](O)[C@@H](O)CO)[C@@H](O)[C@H]1O. The van der Waals surface area contributed by atoms with Crippen molar-refractivity contribution in [2.45, 2.75) is 42.9 Å². The van der Waals surface area contributed by atoms with Gasteiger partial charge in [-0.05, 0) is 0 Å². The van der Waals surface area contributed by atoms with Crippen LogP contribution in [0.5, 0.6) is 0 Å². The maximum Gasteiger partial charge on any atom is 0.481 e. The van der Waals surface area contributed by atoms with Crippen molar-refractivity contribution in [3.8, 4) is 0 Å². The van der Waals surface area contributed by atoms with Crippen molar-refractivity contribution in [3.63, 3.8) is 0 Å². The van der Waals surface area contributed by atoms with Gasteiger partial charge in [0.15, 0.2) is 17.7 Å². The number of ether oxygens (including phenoxy) is 1. The molecule has 2 aromatic heterocycles. The van der Waals surface area contributed by atoms with Gasteiger partial charge < -0.3 is 50.9 Å². The minimum Gasteiger partial charge on any atom is -0.394 e. The molecule has 19 nitrogen and oxygen atoms in total. The lowest BCUT2D eigenvalue weighted by Crippen LogP contribution is -2.41. The van der Waals surface area contributed by atoms with Gasteiger partial charge >= 0.3 is 15.6 Å². The highest BCUT2D eigenvalue weighted by atomic mass is 31.3. The number of nitrogen functional groups attached to an aromatic ring is 1. The average molecular weight is 561 g/mol. The summed E-state index contributed by atoms with van der Waals surface area (Å²) in [5.41, 5.74) is 6.06. The van der Waals surface area contributed by atoms with E-state index in [9.17, 15) is 44.4 Å². The molecule has 36 heavy (non-hydrogen) atoms. The average Bonchev–Trinajstić information content (AvgIpc) is 3.36. The summed E-state index contributed by atoms with van der Waals surface area (Å²) in [6.45, 7) is -2.98. The molecule has 1 aliphatic rings. The van der Waals surface area contributed by atoms with Crippen LogP contribution in [0.3, 0.4) is 0 Å². The number of nitrogens with zero attached hydrogens (tertiary/aromatic N) is 4. The van der Waals surface area contributed by atoms with Crippen LogP contribution in [0.15, 0.2) is 12.7 Å². The molecular formula is C15H25N5O14P2. The Morgan fingerprint density at radius 3 is 2.39 bits per heavy atom. The van der Waals surface area contributed by atoms with E-state index >= 15 is 0 Å². The number of hydrogen-bond acceptors (Lipinski definition) is 16. The molecule has 3 heterocycles. The quantitative estimate of drug-likeness (QED) is 0.113. The van der Waals surface area contributed by atoms with Crippen LogP contribution in [-0.4, -0.2) is 116 Å². The van der Waals surface area contributed by atoms with E-state index in [1.54, 1.807) is 0 Å². The molecule has 9 atom stereocenters. The summed E-state index contributed by atoms with van der Waals surface area (Å²) in [5, 5.41) is 57.6. The van der Waals surface area contributed by atoms with Crippen molar-refractivity contribution in [1.82, 2.24) is 19.5 Å². The molecule has 0 aromatic carbocycles. The monoisotopic (exact) mass is 561 g/mol. The van der Waals surface area contributed by atoms with Crippen LogP contribution in [-0.2, 0) is 27.2 Å². The van der Waals surface area contributed by atoms with Crippen molar-refractivity contribution in [1.29, 1.82) is 0 Å². The largest absolute Gasteiger partial charge is 0.481 e. The number of fused-ring (bicyclic) bond motifs is 1. The van der Waals surface area contributed by atoms with Crippen molar-refractivity contribution in [2.75, 3.05) is 25.6 Å². The van der Waals surface area contributed by atoms with Crippen molar-refractivity contribution >= 4 is 32.6 Å². The van der Waals surface area contributed by atoms with Crippen LogP contribution in [0.1, 0.15) is 6.23 Å². The second-order valence-electron chi connectivity index (χ2n) is 7.55. The Hall–Kier alpha value is -1.67. The number of aliphatic hydroxyl groups is 6. The van der Waals surface area contributed by atoms with Gasteiger partial charge in [0.1, 0.15) is 48.5 Å². The van der Waals surface area contributed by atoms with Crippen LogP contribution in [0.2, 0.25) is 0 Å². The zero-order valence-corrected chi connectivity index (χ0v) is 19.9. The molecule has 0 radical (unpaired) electrons. The molecular weight excluding hydrogens is 536 g/mol. The van der Waals surface area contributed by atoms with E-state index in [1.165, 1.54) is 10.9 Å². The molecule has 1 saturated heterocycles. The number of hydrogen-bond donors (Lipinski definition) is 9. The molecule has 2 aromatic rings. The summed E-state index contributed by atoms with van der Waals surface area (Å²) in [4.78, 5) is 31.1. The normalized spacial score (nSPS) is 28.4. The van der Waals surface area contributed by atoms with Crippen LogP contribution >= 0.6 is 15.6 Å². The van der Waals surface area contributed by atoms with Crippen molar-refractivity contribution in [2.24, 2.45) is 0 Å². The molecule has 1 aliphatic heterocycles. The number of rotatable bonds is 12. The highest BCUT2D eigenvalue weighted by Gasteiger charge is 2.46. The smallest absolute Gasteiger partial charge is 0.394 e. The number of imidazole rings is 1. The molecule has 1 fully saturated rings. The lowest BCUT2D eigenvalue weighted by molar-refractivity contribution is -0.0891. The highest BCUT2D eigenvalue weighted by Crippen LogP contribution is 2.60. The van der Waals surface area contributed by atoms with E-state index in [0.29, 0.717) is 0 Å².